The van der Waals surface area contributed by atoms with Gasteiger partial charge in [0, 0.05) is 26.2 Å². The standard InChI is InChI=1S/C23H35N3O.HI/c1-2-24-22(26-16-23(12-13-27)10-6-3-7-11-23)25-15-20-19-14-17-8-4-5-9-18(17)21(19)20;/h4-5,8-9,19-21,27H,2-3,6-7,10-16H2,1H3,(H2,24,25,26);1H. The Morgan fingerprint density at radius 2 is 1.96 bits per heavy atom. The molecular weight excluding hydrogens is 461 g/mol. The first-order valence-electron chi connectivity index (χ1n) is 11.0. The summed E-state index contributed by atoms with van der Waals surface area (Å²) >= 11 is 0. The molecule has 3 N–H and O–H groups in total. The van der Waals surface area contributed by atoms with Gasteiger partial charge >= 0.3 is 0 Å². The molecule has 0 bridgehead atoms. The number of aliphatic imine (C=N–C) groups is 1. The average Bonchev–Trinajstić information content (AvgIpc) is 3.23. The number of rotatable bonds is 7. The smallest absolute Gasteiger partial charge is 0.191 e. The summed E-state index contributed by atoms with van der Waals surface area (Å²) in [6.45, 7) is 5.15. The summed E-state index contributed by atoms with van der Waals surface area (Å²) in [5.41, 5.74) is 3.36. The lowest BCUT2D eigenvalue weighted by atomic mass is 9.72. The number of benzene rings is 1. The molecule has 5 heteroatoms. The van der Waals surface area contributed by atoms with Gasteiger partial charge in [0.1, 0.15) is 0 Å². The van der Waals surface area contributed by atoms with Crippen LogP contribution in [0.15, 0.2) is 29.3 Å². The Morgan fingerprint density at radius 1 is 1.18 bits per heavy atom. The molecule has 1 aromatic rings. The fraction of sp³-hybridized carbons (Fsp3) is 0.696. The van der Waals surface area contributed by atoms with E-state index < -0.39 is 0 Å². The second-order valence-electron chi connectivity index (χ2n) is 8.87. The molecule has 2 saturated carbocycles. The molecular formula is C23H36IN3O. The summed E-state index contributed by atoms with van der Waals surface area (Å²) in [6.07, 6.45) is 8.45. The molecule has 4 rings (SSSR count). The van der Waals surface area contributed by atoms with Gasteiger partial charge in [-0.05, 0) is 66.9 Å². The molecule has 0 saturated heterocycles. The second-order valence-corrected chi connectivity index (χ2v) is 8.87. The van der Waals surface area contributed by atoms with E-state index in [9.17, 15) is 5.11 Å². The summed E-state index contributed by atoms with van der Waals surface area (Å²) in [7, 11) is 0. The lowest BCUT2D eigenvalue weighted by Crippen LogP contribution is -2.40. The van der Waals surface area contributed by atoms with Gasteiger partial charge in [0.05, 0.1) is 0 Å². The molecule has 4 nitrogen and oxygen atoms in total. The molecule has 156 valence electrons. The Bertz CT molecular complexity index is 666. The van der Waals surface area contributed by atoms with Crippen LogP contribution >= 0.6 is 24.0 Å². The van der Waals surface area contributed by atoms with E-state index in [1.165, 1.54) is 38.5 Å². The van der Waals surface area contributed by atoms with Crippen LogP contribution in [0.2, 0.25) is 0 Å². The number of aliphatic hydroxyl groups is 1. The topological polar surface area (TPSA) is 56.7 Å². The fourth-order valence-electron chi connectivity index (χ4n) is 5.59. The molecule has 0 aromatic heterocycles. The summed E-state index contributed by atoms with van der Waals surface area (Å²) in [5.74, 6) is 3.30. The van der Waals surface area contributed by atoms with Gasteiger partial charge < -0.3 is 15.7 Å². The minimum atomic E-state index is 0. The molecule has 3 aliphatic rings. The van der Waals surface area contributed by atoms with E-state index in [0.29, 0.717) is 0 Å². The molecule has 3 aliphatic carbocycles. The molecule has 28 heavy (non-hydrogen) atoms. The number of nitrogens with zero attached hydrogens (tertiary/aromatic N) is 1. The van der Waals surface area contributed by atoms with Crippen LogP contribution in [0.4, 0.5) is 0 Å². The quantitative estimate of drug-likeness (QED) is 0.302. The van der Waals surface area contributed by atoms with E-state index in [1.807, 2.05) is 0 Å². The third kappa shape index (κ3) is 4.66. The molecule has 3 atom stereocenters. The third-order valence-electron chi connectivity index (χ3n) is 7.18. The predicted molar refractivity (Wildman–Crippen MR) is 126 cm³/mol. The molecule has 1 aromatic carbocycles. The van der Waals surface area contributed by atoms with E-state index in [4.69, 9.17) is 4.99 Å². The minimum absolute atomic E-state index is 0. The largest absolute Gasteiger partial charge is 0.396 e. The molecule has 0 radical (unpaired) electrons. The van der Waals surface area contributed by atoms with E-state index in [0.717, 1.165) is 49.8 Å². The molecule has 2 fully saturated rings. The van der Waals surface area contributed by atoms with Crippen molar-refractivity contribution in [3.63, 3.8) is 0 Å². The van der Waals surface area contributed by atoms with Crippen LogP contribution in [0, 0.1) is 17.3 Å². The number of guanidine groups is 1. The maximum Gasteiger partial charge on any atom is 0.191 e. The van der Waals surface area contributed by atoms with Crippen LogP contribution in [0.3, 0.4) is 0 Å². The molecule has 0 amide bonds. The number of nitrogens with one attached hydrogen (secondary N) is 2. The third-order valence-corrected chi connectivity index (χ3v) is 7.18. The van der Waals surface area contributed by atoms with Gasteiger partial charge in [-0.15, -0.1) is 24.0 Å². The average molecular weight is 497 g/mol. The van der Waals surface area contributed by atoms with Crippen molar-refractivity contribution < 1.29 is 5.11 Å². The SMILES string of the molecule is CCNC(=NCC1(CCO)CCCCC1)NCC1C2Cc3ccccc3C12.I. The zero-order chi connectivity index (χ0) is 18.7. The van der Waals surface area contributed by atoms with Gasteiger partial charge in [0.25, 0.3) is 0 Å². The van der Waals surface area contributed by atoms with E-state index >= 15 is 0 Å². The van der Waals surface area contributed by atoms with Crippen LogP contribution in [-0.4, -0.2) is 37.3 Å². The maximum absolute atomic E-state index is 9.53. The summed E-state index contributed by atoms with van der Waals surface area (Å²) in [6, 6.07) is 8.96. The Balaban J connectivity index is 0.00000225. The van der Waals surface area contributed by atoms with Gasteiger partial charge in [-0.25, -0.2) is 0 Å². The zero-order valence-electron chi connectivity index (χ0n) is 17.1. The van der Waals surface area contributed by atoms with Crippen molar-refractivity contribution in [1.82, 2.24) is 10.6 Å². The highest BCUT2D eigenvalue weighted by atomic mass is 127. The first-order valence-corrected chi connectivity index (χ1v) is 11.0. The lowest BCUT2D eigenvalue weighted by molar-refractivity contribution is 0.137. The first kappa shape index (κ1) is 21.9. The van der Waals surface area contributed by atoms with Crippen LogP contribution in [0.1, 0.15) is 62.5 Å². The van der Waals surface area contributed by atoms with Crippen LogP contribution in [0.5, 0.6) is 0 Å². The van der Waals surface area contributed by atoms with Gasteiger partial charge in [-0.1, -0.05) is 43.5 Å². The van der Waals surface area contributed by atoms with E-state index in [-0.39, 0.29) is 36.0 Å². The summed E-state index contributed by atoms with van der Waals surface area (Å²) < 4.78 is 0. The molecule has 0 spiro atoms. The number of hydrogen-bond donors (Lipinski definition) is 3. The van der Waals surface area contributed by atoms with E-state index in [2.05, 4.69) is 41.8 Å². The van der Waals surface area contributed by atoms with Crippen LogP contribution in [-0.2, 0) is 6.42 Å². The fourth-order valence-corrected chi connectivity index (χ4v) is 5.59. The number of aliphatic hydroxyl groups excluding tert-OH is 1. The number of fused-ring (bicyclic) bond motifs is 3. The monoisotopic (exact) mass is 497 g/mol. The highest BCUT2D eigenvalue weighted by Gasteiger charge is 2.54. The van der Waals surface area contributed by atoms with Crippen molar-refractivity contribution in [2.45, 2.75) is 57.8 Å². The number of hydrogen-bond acceptors (Lipinski definition) is 2. The Hall–Kier alpha value is -0.820. The van der Waals surface area contributed by atoms with Gasteiger partial charge in [0.15, 0.2) is 5.96 Å². The lowest BCUT2D eigenvalue weighted by Gasteiger charge is -2.35. The predicted octanol–water partition coefficient (Wildman–Crippen LogP) is 4.08. The van der Waals surface area contributed by atoms with Crippen molar-refractivity contribution >= 4 is 29.9 Å². The van der Waals surface area contributed by atoms with Crippen molar-refractivity contribution in [2.24, 2.45) is 22.2 Å². The normalized spacial score (nSPS) is 27.4. The summed E-state index contributed by atoms with van der Waals surface area (Å²) in [5, 5.41) is 16.6. The van der Waals surface area contributed by atoms with E-state index in [1.54, 1.807) is 11.1 Å². The van der Waals surface area contributed by atoms with Gasteiger partial charge in [0.2, 0.25) is 0 Å². The molecule has 3 unspecified atom stereocenters. The van der Waals surface area contributed by atoms with Crippen molar-refractivity contribution in [3.05, 3.63) is 35.4 Å². The van der Waals surface area contributed by atoms with Gasteiger partial charge in [-0.2, -0.15) is 0 Å². The van der Waals surface area contributed by atoms with Gasteiger partial charge in [-0.3, -0.25) is 4.99 Å². The van der Waals surface area contributed by atoms with Crippen molar-refractivity contribution in [2.75, 3.05) is 26.2 Å². The Kier molecular flexibility index (Phi) is 7.65. The highest BCUT2D eigenvalue weighted by Crippen LogP contribution is 2.60. The molecule has 0 heterocycles. The van der Waals surface area contributed by atoms with Crippen molar-refractivity contribution in [3.8, 4) is 0 Å². The van der Waals surface area contributed by atoms with Crippen LogP contribution in [0.25, 0.3) is 0 Å². The number of halogens is 1. The Morgan fingerprint density at radius 3 is 2.71 bits per heavy atom. The Labute approximate surface area is 187 Å². The van der Waals surface area contributed by atoms with Crippen LogP contribution < -0.4 is 10.6 Å². The zero-order valence-corrected chi connectivity index (χ0v) is 19.5. The molecule has 0 aliphatic heterocycles. The summed E-state index contributed by atoms with van der Waals surface area (Å²) in [4.78, 5) is 4.95. The minimum Gasteiger partial charge on any atom is -0.396 e. The second kappa shape index (κ2) is 9.79. The van der Waals surface area contributed by atoms with Crippen molar-refractivity contribution in [1.29, 1.82) is 0 Å². The maximum atomic E-state index is 9.53. The first-order chi connectivity index (χ1) is 13.3. The highest BCUT2D eigenvalue weighted by molar-refractivity contribution is 14.0.